The van der Waals surface area contributed by atoms with Gasteiger partial charge in [-0.05, 0) is 12.8 Å². The zero-order valence-corrected chi connectivity index (χ0v) is 8.37. The summed E-state index contributed by atoms with van der Waals surface area (Å²) in [6.45, 7) is 0. The fourth-order valence-corrected chi connectivity index (χ4v) is 1.91. The lowest BCUT2D eigenvalue weighted by Gasteiger charge is -2.21. The number of carboxylic acid groups (broad SMARTS) is 3. The molecule has 88 valence electrons. The first-order chi connectivity index (χ1) is 7.45. The highest BCUT2D eigenvalue weighted by atomic mass is 16.4. The first-order valence-electron chi connectivity index (χ1n) is 4.80. The summed E-state index contributed by atoms with van der Waals surface area (Å²) in [5.74, 6) is -7.80. The molecule has 0 radical (unpaired) electrons. The molecule has 0 saturated carbocycles. The van der Waals surface area contributed by atoms with Crippen LogP contribution in [0.4, 0.5) is 0 Å². The molecule has 0 saturated heterocycles. The van der Waals surface area contributed by atoms with Gasteiger partial charge in [0, 0.05) is 0 Å². The van der Waals surface area contributed by atoms with Crippen molar-refractivity contribution in [2.24, 2.45) is 17.8 Å². The predicted octanol–water partition coefficient (Wildman–Crippen LogP) is 0.439. The molecule has 0 bridgehead atoms. The van der Waals surface area contributed by atoms with Crippen LogP contribution in [0.1, 0.15) is 12.8 Å². The second-order valence-electron chi connectivity index (χ2n) is 3.68. The van der Waals surface area contributed by atoms with Crippen LogP contribution in [0.5, 0.6) is 0 Å². The average molecular weight is 228 g/mol. The topological polar surface area (TPSA) is 112 Å². The van der Waals surface area contributed by atoms with Gasteiger partial charge < -0.3 is 15.3 Å². The average Bonchev–Trinajstić information content (AvgIpc) is 2.38. The molecule has 1 aliphatic carbocycles. The van der Waals surface area contributed by atoms with Crippen molar-refractivity contribution in [1.29, 1.82) is 0 Å². The molecule has 0 spiro atoms. The lowest BCUT2D eigenvalue weighted by Crippen LogP contribution is -2.37. The summed E-state index contributed by atoms with van der Waals surface area (Å²) >= 11 is 0. The van der Waals surface area contributed by atoms with Crippen molar-refractivity contribution >= 4 is 17.9 Å². The number of allylic oxidation sites excluding steroid dienone is 1. The molecule has 6 nitrogen and oxygen atoms in total. The molecule has 0 heterocycles. The first kappa shape index (κ1) is 12.2. The summed E-state index contributed by atoms with van der Waals surface area (Å²) in [5.41, 5.74) is 0. The normalized spacial score (nSPS) is 29.4. The summed E-state index contributed by atoms with van der Waals surface area (Å²) < 4.78 is 0. The van der Waals surface area contributed by atoms with Gasteiger partial charge in [0.25, 0.3) is 0 Å². The van der Waals surface area contributed by atoms with Crippen molar-refractivity contribution in [1.82, 2.24) is 0 Å². The molecule has 0 aromatic heterocycles. The van der Waals surface area contributed by atoms with E-state index in [9.17, 15) is 14.4 Å². The van der Waals surface area contributed by atoms with Crippen LogP contribution >= 0.6 is 0 Å². The predicted molar refractivity (Wildman–Crippen MR) is 51.8 cm³/mol. The van der Waals surface area contributed by atoms with E-state index in [4.69, 9.17) is 15.3 Å². The molecule has 0 amide bonds. The summed E-state index contributed by atoms with van der Waals surface area (Å²) in [6.07, 6.45) is 3.32. The summed E-state index contributed by atoms with van der Waals surface area (Å²) in [5, 5.41) is 26.7. The van der Waals surface area contributed by atoms with Gasteiger partial charge in [-0.2, -0.15) is 0 Å². The zero-order valence-electron chi connectivity index (χ0n) is 8.37. The van der Waals surface area contributed by atoms with Crippen LogP contribution in [-0.4, -0.2) is 33.2 Å². The lowest BCUT2D eigenvalue weighted by atomic mass is 9.81. The summed E-state index contributed by atoms with van der Waals surface area (Å²) in [7, 11) is 0. The molecule has 0 aromatic rings. The fraction of sp³-hybridized carbons (Fsp3) is 0.500. The number of carboxylic acids is 3. The van der Waals surface area contributed by atoms with Gasteiger partial charge in [-0.1, -0.05) is 12.2 Å². The molecule has 0 aliphatic heterocycles. The van der Waals surface area contributed by atoms with Crippen molar-refractivity contribution < 1.29 is 29.7 Å². The maximum atomic E-state index is 11.0. The van der Waals surface area contributed by atoms with Crippen LogP contribution in [0, 0.1) is 17.8 Å². The van der Waals surface area contributed by atoms with Crippen LogP contribution in [0.25, 0.3) is 0 Å². The lowest BCUT2D eigenvalue weighted by molar-refractivity contribution is -0.160. The van der Waals surface area contributed by atoms with E-state index in [1.807, 2.05) is 0 Å². The maximum absolute atomic E-state index is 11.0. The molecule has 0 aromatic carbocycles. The van der Waals surface area contributed by atoms with E-state index in [0.29, 0.717) is 6.42 Å². The molecule has 3 N–H and O–H groups in total. The Morgan fingerprint density at radius 3 is 2.06 bits per heavy atom. The zero-order chi connectivity index (χ0) is 12.3. The Hall–Kier alpha value is -1.85. The van der Waals surface area contributed by atoms with Crippen LogP contribution in [0.15, 0.2) is 12.2 Å². The van der Waals surface area contributed by atoms with Crippen molar-refractivity contribution in [2.45, 2.75) is 12.8 Å². The molecule has 6 heteroatoms. The van der Waals surface area contributed by atoms with Gasteiger partial charge >= 0.3 is 17.9 Å². The first-order valence-corrected chi connectivity index (χ1v) is 4.80. The minimum Gasteiger partial charge on any atom is -0.481 e. The third-order valence-electron chi connectivity index (χ3n) is 2.70. The van der Waals surface area contributed by atoms with E-state index in [1.54, 1.807) is 0 Å². The molecule has 3 unspecified atom stereocenters. The molecule has 1 rings (SSSR count). The molecule has 0 fully saturated rings. The van der Waals surface area contributed by atoms with Gasteiger partial charge in [0.15, 0.2) is 0 Å². The third-order valence-corrected chi connectivity index (χ3v) is 2.70. The monoisotopic (exact) mass is 228 g/mol. The third kappa shape index (κ3) is 2.39. The maximum Gasteiger partial charge on any atom is 0.311 e. The Balaban J connectivity index is 3.09. The van der Waals surface area contributed by atoms with Gasteiger partial charge in [-0.25, -0.2) is 0 Å². The highest BCUT2D eigenvalue weighted by Crippen LogP contribution is 2.30. The van der Waals surface area contributed by atoms with E-state index in [2.05, 4.69) is 0 Å². The molecule has 3 atom stereocenters. The second kappa shape index (κ2) is 4.78. The fourth-order valence-electron chi connectivity index (χ4n) is 1.91. The highest BCUT2D eigenvalue weighted by molar-refractivity contribution is 5.86. The van der Waals surface area contributed by atoms with Crippen LogP contribution < -0.4 is 0 Å². The minimum atomic E-state index is -1.41. The van der Waals surface area contributed by atoms with Gasteiger partial charge in [-0.15, -0.1) is 0 Å². The van der Waals surface area contributed by atoms with Crippen molar-refractivity contribution in [3.8, 4) is 0 Å². The second-order valence-corrected chi connectivity index (χ2v) is 3.68. The van der Waals surface area contributed by atoms with Crippen molar-refractivity contribution in [3.05, 3.63) is 12.2 Å². The van der Waals surface area contributed by atoms with E-state index in [1.165, 1.54) is 12.2 Å². The van der Waals surface area contributed by atoms with E-state index < -0.39 is 35.7 Å². The SMILES string of the molecule is O=C(O)C1C=CCCC(C(=O)O)C1C(=O)O. The Labute approximate surface area is 91.2 Å². The molecular formula is C10H12O6. The molecular weight excluding hydrogens is 216 g/mol. The van der Waals surface area contributed by atoms with Crippen molar-refractivity contribution in [2.75, 3.05) is 0 Å². The number of hydrogen-bond acceptors (Lipinski definition) is 3. The Morgan fingerprint density at radius 1 is 1.00 bits per heavy atom. The molecule has 16 heavy (non-hydrogen) atoms. The van der Waals surface area contributed by atoms with Crippen LogP contribution in [0.2, 0.25) is 0 Å². The summed E-state index contributed by atoms with van der Waals surface area (Å²) in [6, 6.07) is 0. The standard InChI is InChI=1S/C10H12O6/c11-8(12)5-3-1-2-4-6(9(13)14)7(5)10(15)16/h1,3,5-7H,2,4H2,(H,11,12)(H,13,14)(H,15,16). The smallest absolute Gasteiger partial charge is 0.311 e. The van der Waals surface area contributed by atoms with E-state index in [-0.39, 0.29) is 6.42 Å². The number of rotatable bonds is 3. The Morgan fingerprint density at radius 2 is 1.62 bits per heavy atom. The Bertz CT molecular complexity index is 345. The van der Waals surface area contributed by atoms with Gasteiger partial charge in [0.2, 0.25) is 0 Å². The van der Waals surface area contributed by atoms with Gasteiger partial charge in [0.1, 0.15) is 0 Å². The van der Waals surface area contributed by atoms with E-state index >= 15 is 0 Å². The van der Waals surface area contributed by atoms with Gasteiger partial charge in [-0.3, -0.25) is 14.4 Å². The Kier molecular flexibility index (Phi) is 3.65. The largest absolute Gasteiger partial charge is 0.481 e. The van der Waals surface area contributed by atoms with Crippen molar-refractivity contribution in [3.63, 3.8) is 0 Å². The minimum absolute atomic E-state index is 0.145. The van der Waals surface area contributed by atoms with E-state index in [0.717, 1.165) is 0 Å². The van der Waals surface area contributed by atoms with Gasteiger partial charge in [0.05, 0.1) is 17.8 Å². The molecule has 1 aliphatic rings. The number of carbonyl (C=O) groups is 3. The van der Waals surface area contributed by atoms with Crippen LogP contribution in [0.3, 0.4) is 0 Å². The summed E-state index contributed by atoms with van der Waals surface area (Å²) in [4.78, 5) is 32.8. The number of aliphatic carboxylic acids is 3. The highest BCUT2D eigenvalue weighted by Gasteiger charge is 2.42. The quantitative estimate of drug-likeness (QED) is 0.604. The van der Waals surface area contributed by atoms with Crippen LogP contribution in [-0.2, 0) is 14.4 Å². The number of hydrogen-bond donors (Lipinski definition) is 3.